The third kappa shape index (κ3) is 3.31. The predicted molar refractivity (Wildman–Crippen MR) is 62.0 cm³/mol. The quantitative estimate of drug-likeness (QED) is 0.798. The van der Waals surface area contributed by atoms with Gasteiger partial charge in [-0.1, -0.05) is 6.92 Å². The first-order valence-corrected chi connectivity index (χ1v) is 5.41. The molecule has 3 atom stereocenters. The van der Waals surface area contributed by atoms with E-state index in [2.05, 4.69) is 10.3 Å². The summed E-state index contributed by atoms with van der Waals surface area (Å²) in [5.41, 5.74) is 1.11. The zero-order valence-electron chi connectivity index (χ0n) is 9.84. The summed E-state index contributed by atoms with van der Waals surface area (Å²) < 4.78 is 0. The van der Waals surface area contributed by atoms with Crippen molar-refractivity contribution in [2.45, 2.75) is 32.9 Å². The minimum Gasteiger partial charge on any atom is -0.481 e. The number of pyridine rings is 1. The lowest BCUT2D eigenvalue weighted by Crippen LogP contribution is -2.37. The van der Waals surface area contributed by atoms with Gasteiger partial charge in [-0.3, -0.25) is 9.78 Å². The normalized spacial score (nSPS) is 16.4. The summed E-state index contributed by atoms with van der Waals surface area (Å²) in [5.74, 6) is -1.17. The molecule has 1 heterocycles. The molecule has 0 fully saturated rings. The van der Waals surface area contributed by atoms with Gasteiger partial charge in [-0.25, -0.2) is 0 Å². The van der Waals surface area contributed by atoms with E-state index in [0.717, 1.165) is 5.56 Å². The minimum absolute atomic E-state index is 0.0688. The summed E-state index contributed by atoms with van der Waals surface area (Å²) in [6.45, 7) is 5.61. The van der Waals surface area contributed by atoms with Gasteiger partial charge in [0, 0.05) is 24.5 Å². The van der Waals surface area contributed by atoms with E-state index in [1.54, 1.807) is 19.3 Å². The van der Waals surface area contributed by atoms with Crippen LogP contribution < -0.4 is 5.32 Å². The lowest BCUT2D eigenvalue weighted by molar-refractivity contribution is -0.142. The molecule has 0 aliphatic rings. The molecule has 0 saturated carbocycles. The highest BCUT2D eigenvalue weighted by molar-refractivity contribution is 5.70. The van der Waals surface area contributed by atoms with Crippen molar-refractivity contribution in [2.24, 2.45) is 5.92 Å². The fraction of sp³-hybridized carbons (Fsp3) is 0.500. The Kier molecular flexibility index (Phi) is 4.43. The largest absolute Gasteiger partial charge is 0.481 e. The van der Waals surface area contributed by atoms with Crippen molar-refractivity contribution in [3.8, 4) is 0 Å². The molecule has 1 rings (SSSR count). The van der Waals surface area contributed by atoms with Crippen molar-refractivity contribution in [1.82, 2.24) is 10.3 Å². The van der Waals surface area contributed by atoms with Crippen LogP contribution in [-0.4, -0.2) is 22.1 Å². The predicted octanol–water partition coefficient (Wildman–Crippen LogP) is 1.84. The molecular weight excluding hydrogens is 204 g/mol. The Morgan fingerprint density at radius 1 is 1.31 bits per heavy atom. The Morgan fingerprint density at radius 2 is 1.88 bits per heavy atom. The lowest BCUT2D eigenvalue weighted by Gasteiger charge is -2.23. The molecule has 1 aromatic heterocycles. The first-order chi connectivity index (χ1) is 7.52. The molecule has 0 amide bonds. The summed E-state index contributed by atoms with van der Waals surface area (Å²) in [6, 6.07) is 3.91. The van der Waals surface area contributed by atoms with Crippen LogP contribution in [0.4, 0.5) is 0 Å². The summed E-state index contributed by atoms with van der Waals surface area (Å²) in [4.78, 5) is 14.8. The fourth-order valence-corrected chi connectivity index (χ4v) is 1.50. The van der Waals surface area contributed by atoms with Crippen LogP contribution in [0.2, 0.25) is 0 Å². The van der Waals surface area contributed by atoms with Gasteiger partial charge in [0.15, 0.2) is 0 Å². The van der Waals surface area contributed by atoms with Crippen molar-refractivity contribution < 1.29 is 9.90 Å². The third-order valence-corrected chi connectivity index (χ3v) is 2.86. The van der Waals surface area contributed by atoms with E-state index in [9.17, 15) is 4.79 Å². The average molecular weight is 222 g/mol. The van der Waals surface area contributed by atoms with Crippen molar-refractivity contribution in [3.05, 3.63) is 30.1 Å². The highest BCUT2D eigenvalue weighted by Crippen LogP contribution is 2.13. The highest BCUT2D eigenvalue weighted by Gasteiger charge is 2.20. The molecule has 16 heavy (non-hydrogen) atoms. The van der Waals surface area contributed by atoms with E-state index in [4.69, 9.17) is 5.11 Å². The van der Waals surface area contributed by atoms with E-state index in [1.807, 2.05) is 26.0 Å². The SMILES string of the molecule is CC(NC(C)C(C)C(=O)O)c1ccncc1. The zero-order chi connectivity index (χ0) is 12.1. The number of nitrogens with one attached hydrogen (secondary N) is 1. The number of rotatable bonds is 5. The molecule has 0 radical (unpaired) electrons. The van der Waals surface area contributed by atoms with Crippen molar-refractivity contribution >= 4 is 5.97 Å². The Bertz CT molecular complexity index is 340. The van der Waals surface area contributed by atoms with Gasteiger partial charge < -0.3 is 10.4 Å². The Balaban J connectivity index is 2.58. The van der Waals surface area contributed by atoms with Crippen LogP contribution in [0, 0.1) is 5.92 Å². The summed E-state index contributed by atoms with van der Waals surface area (Å²) in [7, 11) is 0. The molecule has 0 aliphatic heterocycles. The topological polar surface area (TPSA) is 62.2 Å². The molecular formula is C12H18N2O2. The second-order valence-corrected chi connectivity index (χ2v) is 4.08. The maximum absolute atomic E-state index is 10.8. The summed E-state index contributed by atoms with van der Waals surface area (Å²) in [5, 5.41) is 12.2. The molecule has 0 aliphatic carbocycles. The maximum atomic E-state index is 10.8. The Morgan fingerprint density at radius 3 is 2.38 bits per heavy atom. The van der Waals surface area contributed by atoms with E-state index < -0.39 is 11.9 Å². The molecule has 4 nitrogen and oxygen atoms in total. The number of carboxylic acids is 1. The highest BCUT2D eigenvalue weighted by atomic mass is 16.4. The van der Waals surface area contributed by atoms with Crippen molar-refractivity contribution in [2.75, 3.05) is 0 Å². The van der Waals surface area contributed by atoms with Gasteiger partial charge in [0.2, 0.25) is 0 Å². The molecule has 0 spiro atoms. The van der Waals surface area contributed by atoms with Gasteiger partial charge in [0.1, 0.15) is 0 Å². The van der Waals surface area contributed by atoms with Gasteiger partial charge in [-0.05, 0) is 31.5 Å². The second-order valence-electron chi connectivity index (χ2n) is 4.08. The van der Waals surface area contributed by atoms with Crippen LogP contribution in [0.3, 0.4) is 0 Å². The van der Waals surface area contributed by atoms with Gasteiger partial charge in [-0.2, -0.15) is 0 Å². The smallest absolute Gasteiger partial charge is 0.307 e. The summed E-state index contributed by atoms with van der Waals surface area (Å²) in [6.07, 6.45) is 3.47. The minimum atomic E-state index is -0.776. The third-order valence-electron chi connectivity index (χ3n) is 2.86. The lowest BCUT2D eigenvalue weighted by atomic mass is 10.0. The zero-order valence-corrected chi connectivity index (χ0v) is 9.84. The van der Waals surface area contributed by atoms with E-state index in [0.29, 0.717) is 0 Å². The standard InChI is InChI=1S/C12H18N2O2/c1-8(12(15)16)9(2)14-10(3)11-4-6-13-7-5-11/h4-10,14H,1-3H3,(H,15,16). The van der Waals surface area contributed by atoms with Crippen molar-refractivity contribution in [1.29, 1.82) is 0 Å². The first-order valence-electron chi connectivity index (χ1n) is 5.41. The second kappa shape index (κ2) is 5.61. The van der Waals surface area contributed by atoms with Crippen LogP contribution in [0.25, 0.3) is 0 Å². The maximum Gasteiger partial charge on any atom is 0.307 e. The number of hydrogen-bond donors (Lipinski definition) is 2. The monoisotopic (exact) mass is 222 g/mol. The fourth-order valence-electron chi connectivity index (χ4n) is 1.50. The van der Waals surface area contributed by atoms with Gasteiger partial charge in [-0.15, -0.1) is 0 Å². The van der Waals surface area contributed by atoms with Crippen LogP contribution >= 0.6 is 0 Å². The number of aliphatic carboxylic acids is 1. The van der Waals surface area contributed by atoms with Crippen LogP contribution in [0.5, 0.6) is 0 Å². The van der Waals surface area contributed by atoms with Gasteiger partial charge in [0.05, 0.1) is 5.92 Å². The number of nitrogens with zero attached hydrogens (tertiary/aromatic N) is 1. The number of carbonyl (C=O) groups is 1. The van der Waals surface area contributed by atoms with Crippen LogP contribution in [0.1, 0.15) is 32.4 Å². The Hall–Kier alpha value is -1.42. The molecule has 2 N–H and O–H groups in total. The van der Waals surface area contributed by atoms with Crippen molar-refractivity contribution in [3.63, 3.8) is 0 Å². The molecule has 1 aromatic rings. The molecule has 0 aromatic carbocycles. The van der Waals surface area contributed by atoms with Gasteiger partial charge >= 0.3 is 5.97 Å². The average Bonchev–Trinajstić information content (AvgIpc) is 2.28. The first kappa shape index (κ1) is 12.6. The molecule has 0 saturated heterocycles. The van der Waals surface area contributed by atoms with Crippen LogP contribution in [0.15, 0.2) is 24.5 Å². The number of hydrogen-bond acceptors (Lipinski definition) is 3. The van der Waals surface area contributed by atoms with Gasteiger partial charge in [0.25, 0.3) is 0 Å². The molecule has 4 heteroatoms. The summed E-state index contributed by atoms with van der Waals surface area (Å²) >= 11 is 0. The molecule has 88 valence electrons. The molecule has 0 bridgehead atoms. The molecule has 3 unspecified atom stereocenters. The van der Waals surface area contributed by atoms with Crippen LogP contribution in [-0.2, 0) is 4.79 Å². The number of carboxylic acid groups (broad SMARTS) is 1. The van der Waals surface area contributed by atoms with E-state index in [-0.39, 0.29) is 12.1 Å². The van der Waals surface area contributed by atoms with E-state index in [1.165, 1.54) is 0 Å². The number of aromatic nitrogens is 1. The van der Waals surface area contributed by atoms with E-state index >= 15 is 0 Å². The Labute approximate surface area is 95.7 Å².